The number of halogens is 2. The summed E-state index contributed by atoms with van der Waals surface area (Å²) in [5.74, 6) is 0. The topological polar surface area (TPSA) is 11.4 Å². The van der Waals surface area contributed by atoms with Crippen LogP contribution in [0.25, 0.3) is 21.8 Å². The van der Waals surface area contributed by atoms with Crippen molar-refractivity contribution >= 4 is 79.1 Å². The molecular formula is C40H33Cl2N3. The lowest BCUT2D eigenvalue weighted by Gasteiger charge is -2.26. The van der Waals surface area contributed by atoms with Crippen molar-refractivity contribution in [2.24, 2.45) is 0 Å². The van der Waals surface area contributed by atoms with E-state index in [0.29, 0.717) is 10.0 Å². The van der Waals surface area contributed by atoms with E-state index in [4.69, 9.17) is 23.2 Å². The predicted octanol–water partition coefficient (Wildman–Crippen LogP) is 12.8. The van der Waals surface area contributed by atoms with Crippen molar-refractivity contribution in [3.63, 3.8) is 0 Å². The number of anilines is 6. The molecule has 0 saturated carbocycles. The molecule has 45 heavy (non-hydrogen) atoms. The molecule has 0 radical (unpaired) electrons. The van der Waals surface area contributed by atoms with Crippen LogP contribution < -0.4 is 9.80 Å². The van der Waals surface area contributed by atoms with E-state index >= 15 is 0 Å². The highest BCUT2D eigenvalue weighted by atomic mass is 35.5. The molecule has 0 spiro atoms. The summed E-state index contributed by atoms with van der Waals surface area (Å²) in [6, 6.07) is 50.6. The first kappa shape index (κ1) is 29.0. The maximum atomic E-state index is 6.50. The molecule has 222 valence electrons. The second-order valence-electron chi connectivity index (χ2n) is 11.2. The second kappa shape index (κ2) is 12.7. The Morgan fingerprint density at radius 2 is 0.889 bits per heavy atom. The molecule has 5 heteroatoms. The van der Waals surface area contributed by atoms with Crippen LogP contribution in [0.5, 0.6) is 0 Å². The van der Waals surface area contributed by atoms with Crippen molar-refractivity contribution in [3.05, 3.63) is 156 Å². The van der Waals surface area contributed by atoms with E-state index in [1.165, 1.54) is 21.8 Å². The minimum Gasteiger partial charge on any atom is -0.340 e. The van der Waals surface area contributed by atoms with Crippen LogP contribution >= 0.6 is 23.2 Å². The first-order chi connectivity index (χ1) is 22.1. The zero-order valence-corrected chi connectivity index (χ0v) is 26.6. The lowest BCUT2D eigenvalue weighted by molar-refractivity contribution is 0.665. The Morgan fingerprint density at radius 1 is 0.467 bits per heavy atom. The second-order valence-corrected chi connectivity index (χ2v) is 12.1. The van der Waals surface area contributed by atoms with Crippen LogP contribution in [0, 0.1) is 0 Å². The molecule has 0 aliphatic rings. The Hall–Kier alpha value is -4.70. The van der Waals surface area contributed by atoms with Gasteiger partial charge in [-0.2, -0.15) is 0 Å². The molecule has 0 unspecified atom stereocenters. The third-order valence-electron chi connectivity index (χ3n) is 8.25. The van der Waals surface area contributed by atoms with Gasteiger partial charge in [-0.3, -0.25) is 0 Å². The van der Waals surface area contributed by atoms with Crippen LogP contribution in [-0.4, -0.2) is 4.57 Å². The largest absolute Gasteiger partial charge is 0.340 e. The minimum atomic E-state index is 0.706. The molecule has 0 atom stereocenters. The summed E-state index contributed by atoms with van der Waals surface area (Å²) in [7, 11) is 0. The zero-order chi connectivity index (χ0) is 30.8. The SMILES string of the molecule is CCCCn1c2ccc(N(c3ccccc3)c3cccc(Cl)c3)cc2c2cc(N(c3ccccc3)c3cccc(Cl)c3)ccc21. The Labute approximate surface area is 274 Å². The van der Waals surface area contributed by atoms with Gasteiger partial charge in [-0.25, -0.2) is 0 Å². The van der Waals surface area contributed by atoms with Gasteiger partial charge in [0.2, 0.25) is 0 Å². The Bertz CT molecular complexity index is 1940. The van der Waals surface area contributed by atoms with E-state index in [0.717, 1.165) is 53.5 Å². The Balaban J connectivity index is 1.46. The van der Waals surface area contributed by atoms with Gasteiger partial charge in [0.25, 0.3) is 0 Å². The molecule has 7 rings (SSSR count). The maximum absolute atomic E-state index is 6.50. The number of rotatable bonds is 9. The number of nitrogens with zero attached hydrogens (tertiary/aromatic N) is 3. The average Bonchev–Trinajstić information content (AvgIpc) is 3.37. The molecule has 0 amide bonds. The summed E-state index contributed by atoms with van der Waals surface area (Å²) in [5, 5.41) is 3.83. The molecule has 0 bridgehead atoms. The van der Waals surface area contributed by atoms with Crippen molar-refractivity contribution in [2.45, 2.75) is 26.3 Å². The summed E-state index contributed by atoms with van der Waals surface area (Å²) >= 11 is 13.0. The van der Waals surface area contributed by atoms with Gasteiger partial charge in [0.15, 0.2) is 0 Å². The first-order valence-corrected chi connectivity index (χ1v) is 16.1. The normalized spacial score (nSPS) is 11.3. The summed E-state index contributed by atoms with van der Waals surface area (Å²) in [4.78, 5) is 4.54. The fourth-order valence-corrected chi connectivity index (χ4v) is 6.56. The molecule has 0 aliphatic heterocycles. The Morgan fingerprint density at radius 3 is 1.31 bits per heavy atom. The molecule has 0 aliphatic carbocycles. The molecule has 3 nitrogen and oxygen atoms in total. The van der Waals surface area contributed by atoms with Gasteiger partial charge in [-0.1, -0.05) is 85.1 Å². The summed E-state index contributed by atoms with van der Waals surface area (Å²) in [6.07, 6.45) is 2.24. The first-order valence-electron chi connectivity index (χ1n) is 15.4. The number of benzene rings is 6. The van der Waals surface area contributed by atoms with E-state index in [2.05, 4.69) is 118 Å². The maximum Gasteiger partial charge on any atom is 0.0492 e. The summed E-state index contributed by atoms with van der Waals surface area (Å²) < 4.78 is 2.47. The van der Waals surface area contributed by atoms with E-state index < -0.39 is 0 Å². The van der Waals surface area contributed by atoms with Crippen LogP contribution in [0.1, 0.15) is 19.8 Å². The van der Waals surface area contributed by atoms with E-state index in [-0.39, 0.29) is 0 Å². The lowest BCUT2D eigenvalue weighted by Crippen LogP contribution is -2.10. The lowest BCUT2D eigenvalue weighted by atomic mass is 10.1. The molecule has 7 aromatic rings. The van der Waals surface area contributed by atoms with Crippen LogP contribution in [0.15, 0.2) is 146 Å². The van der Waals surface area contributed by atoms with Gasteiger partial charge in [0, 0.05) is 72.5 Å². The standard InChI is InChI=1S/C40H33Cl2N3/c1-2-3-24-43-39-22-20-35(44(31-14-6-4-7-15-31)33-18-10-12-29(41)25-33)27-37(39)38-28-36(21-23-40(38)43)45(32-16-8-5-9-17-32)34-19-11-13-30(42)26-34/h4-23,25-28H,2-3,24H2,1H3. The van der Waals surface area contributed by atoms with Crippen molar-refractivity contribution in [1.82, 2.24) is 4.57 Å². The molecule has 0 N–H and O–H groups in total. The highest BCUT2D eigenvalue weighted by Crippen LogP contribution is 2.42. The average molecular weight is 627 g/mol. The van der Waals surface area contributed by atoms with Gasteiger partial charge in [0.05, 0.1) is 0 Å². The molecular weight excluding hydrogens is 593 g/mol. The Kier molecular flexibility index (Phi) is 8.21. The number of fused-ring (bicyclic) bond motifs is 3. The predicted molar refractivity (Wildman–Crippen MR) is 194 cm³/mol. The molecule has 1 aromatic heterocycles. The van der Waals surface area contributed by atoms with Gasteiger partial charge in [0.1, 0.15) is 0 Å². The van der Waals surface area contributed by atoms with Crippen molar-refractivity contribution in [1.29, 1.82) is 0 Å². The number of para-hydroxylation sites is 2. The van der Waals surface area contributed by atoms with Crippen LogP contribution in [0.2, 0.25) is 10.0 Å². The highest BCUT2D eigenvalue weighted by molar-refractivity contribution is 6.31. The summed E-state index contributed by atoms with van der Waals surface area (Å²) in [6.45, 7) is 3.21. The van der Waals surface area contributed by atoms with Gasteiger partial charge in [-0.05, 0) is 103 Å². The van der Waals surface area contributed by atoms with E-state index in [9.17, 15) is 0 Å². The summed E-state index contributed by atoms with van der Waals surface area (Å²) in [5.41, 5.74) is 8.78. The monoisotopic (exact) mass is 625 g/mol. The van der Waals surface area contributed by atoms with Crippen LogP contribution in [0.3, 0.4) is 0 Å². The van der Waals surface area contributed by atoms with Crippen molar-refractivity contribution in [2.75, 3.05) is 9.80 Å². The van der Waals surface area contributed by atoms with E-state index in [1.54, 1.807) is 0 Å². The smallest absolute Gasteiger partial charge is 0.0492 e. The van der Waals surface area contributed by atoms with Crippen LogP contribution in [0.4, 0.5) is 34.1 Å². The quantitative estimate of drug-likeness (QED) is 0.158. The zero-order valence-electron chi connectivity index (χ0n) is 25.1. The van der Waals surface area contributed by atoms with Crippen molar-refractivity contribution < 1.29 is 0 Å². The number of unbranched alkanes of at least 4 members (excludes halogenated alkanes) is 1. The molecule has 0 fully saturated rings. The fraction of sp³-hybridized carbons (Fsp3) is 0.100. The number of hydrogen-bond donors (Lipinski definition) is 0. The minimum absolute atomic E-state index is 0.706. The van der Waals surface area contributed by atoms with Crippen molar-refractivity contribution in [3.8, 4) is 0 Å². The number of aromatic nitrogens is 1. The third kappa shape index (κ3) is 5.78. The van der Waals surface area contributed by atoms with Gasteiger partial charge >= 0.3 is 0 Å². The highest BCUT2D eigenvalue weighted by Gasteiger charge is 2.19. The third-order valence-corrected chi connectivity index (χ3v) is 8.72. The molecule has 0 saturated heterocycles. The molecule has 6 aromatic carbocycles. The van der Waals surface area contributed by atoms with E-state index in [1.807, 2.05) is 48.5 Å². The number of hydrogen-bond acceptors (Lipinski definition) is 2. The fourth-order valence-electron chi connectivity index (χ4n) is 6.19. The number of aryl methyl sites for hydroxylation is 1. The van der Waals surface area contributed by atoms with Gasteiger partial charge in [-0.15, -0.1) is 0 Å². The van der Waals surface area contributed by atoms with Gasteiger partial charge < -0.3 is 14.4 Å². The van der Waals surface area contributed by atoms with Crippen LogP contribution in [-0.2, 0) is 6.54 Å². The molecule has 1 heterocycles.